The van der Waals surface area contributed by atoms with E-state index in [9.17, 15) is 0 Å². The Morgan fingerprint density at radius 2 is 1.75 bits per heavy atom. The minimum atomic E-state index is 0.451. The van der Waals surface area contributed by atoms with Gasteiger partial charge in [-0.2, -0.15) is 0 Å². The number of alkyl halides is 1. The molecule has 1 nitrogen and oxygen atoms in total. The van der Waals surface area contributed by atoms with Crippen LogP contribution in [-0.2, 0) is 4.79 Å². The van der Waals surface area contributed by atoms with E-state index in [4.69, 9.17) is 28.0 Å². The summed E-state index contributed by atoms with van der Waals surface area (Å²) in [6.45, 7) is 0. The number of aldehydes is 1. The number of halogens is 3. The largest absolute Gasteiger partial charge is 0.302 e. The molecule has 0 spiro atoms. The van der Waals surface area contributed by atoms with Crippen LogP contribution in [0.4, 0.5) is 0 Å². The van der Waals surface area contributed by atoms with Crippen molar-refractivity contribution in [1.29, 1.82) is 0 Å². The van der Waals surface area contributed by atoms with Gasteiger partial charge in [-0.05, 0) is 18.2 Å². The third-order valence-electron chi connectivity index (χ3n) is 0.850. The van der Waals surface area contributed by atoms with Gasteiger partial charge in [-0.15, -0.1) is 0 Å². The highest BCUT2D eigenvalue weighted by Gasteiger charge is 1.84. The van der Waals surface area contributed by atoms with Gasteiger partial charge < -0.3 is 4.79 Å². The Bertz CT molecular complexity index is 223. The Balaban J connectivity index is 0.000000261. The SMILES string of the molecule is Clc1cccc(Cl)c1.O=CCBr. The van der Waals surface area contributed by atoms with Crippen LogP contribution < -0.4 is 0 Å². The summed E-state index contributed by atoms with van der Waals surface area (Å²) in [5, 5.41) is 1.81. The van der Waals surface area contributed by atoms with Gasteiger partial charge in [0, 0.05) is 10.0 Å². The van der Waals surface area contributed by atoms with E-state index in [2.05, 4.69) is 15.9 Å². The first-order chi connectivity index (χ1) is 5.70. The van der Waals surface area contributed by atoms with E-state index in [-0.39, 0.29) is 0 Å². The van der Waals surface area contributed by atoms with Gasteiger partial charge in [0.1, 0.15) is 6.29 Å². The molecule has 0 saturated carbocycles. The summed E-state index contributed by atoms with van der Waals surface area (Å²) in [5.41, 5.74) is 0. The number of hydrogen-bond acceptors (Lipinski definition) is 1. The molecule has 0 unspecified atom stereocenters. The van der Waals surface area contributed by atoms with Crippen molar-refractivity contribution in [2.75, 3.05) is 5.33 Å². The van der Waals surface area contributed by atoms with Gasteiger partial charge in [0.25, 0.3) is 0 Å². The van der Waals surface area contributed by atoms with Crippen LogP contribution in [0.3, 0.4) is 0 Å². The molecule has 12 heavy (non-hydrogen) atoms. The molecular formula is C8H7BrCl2O. The maximum Gasteiger partial charge on any atom is 0.130 e. The fraction of sp³-hybridized carbons (Fsp3) is 0.125. The Morgan fingerprint density at radius 3 is 1.92 bits per heavy atom. The Hall–Kier alpha value is -0.0500. The van der Waals surface area contributed by atoms with Gasteiger partial charge >= 0.3 is 0 Å². The highest BCUT2D eigenvalue weighted by atomic mass is 79.9. The molecule has 1 aromatic carbocycles. The van der Waals surface area contributed by atoms with Gasteiger partial charge in [-0.1, -0.05) is 45.2 Å². The van der Waals surface area contributed by atoms with Crippen molar-refractivity contribution in [3.63, 3.8) is 0 Å². The van der Waals surface area contributed by atoms with E-state index in [1.165, 1.54) is 0 Å². The molecule has 1 aromatic rings. The Labute approximate surface area is 89.8 Å². The third kappa shape index (κ3) is 6.65. The highest BCUT2D eigenvalue weighted by Crippen LogP contribution is 2.13. The highest BCUT2D eigenvalue weighted by molar-refractivity contribution is 9.09. The summed E-state index contributed by atoms with van der Waals surface area (Å²) >= 11 is 14.0. The van der Waals surface area contributed by atoms with Crippen LogP contribution in [0.15, 0.2) is 24.3 Å². The fourth-order valence-corrected chi connectivity index (χ4v) is 0.896. The fourth-order valence-electron chi connectivity index (χ4n) is 0.460. The zero-order valence-corrected chi connectivity index (χ0v) is 9.23. The second kappa shape index (κ2) is 7.59. The van der Waals surface area contributed by atoms with Crippen molar-refractivity contribution >= 4 is 45.4 Å². The van der Waals surface area contributed by atoms with E-state index in [1.54, 1.807) is 18.2 Å². The summed E-state index contributed by atoms with van der Waals surface area (Å²) in [6, 6.07) is 7.08. The van der Waals surface area contributed by atoms with Crippen LogP contribution in [0.1, 0.15) is 0 Å². The molecule has 0 aliphatic rings. The minimum absolute atomic E-state index is 0.451. The molecule has 0 saturated heterocycles. The predicted octanol–water partition coefficient (Wildman–Crippen LogP) is 3.57. The second-order valence-electron chi connectivity index (χ2n) is 1.76. The van der Waals surface area contributed by atoms with Crippen molar-refractivity contribution in [3.8, 4) is 0 Å². The molecule has 4 heteroatoms. The predicted molar refractivity (Wildman–Crippen MR) is 56.3 cm³/mol. The Morgan fingerprint density at radius 1 is 1.33 bits per heavy atom. The number of hydrogen-bond donors (Lipinski definition) is 0. The molecule has 0 atom stereocenters. The first kappa shape index (κ1) is 11.9. The van der Waals surface area contributed by atoms with Crippen molar-refractivity contribution in [2.45, 2.75) is 0 Å². The van der Waals surface area contributed by atoms with Gasteiger partial charge in [0.2, 0.25) is 0 Å². The molecule has 0 heterocycles. The molecule has 0 aromatic heterocycles. The van der Waals surface area contributed by atoms with E-state index in [0.29, 0.717) is 15.4 Å². The van der Waals surface area contributed by atoms with Crippen molar-refractivity contribution in [3.05, 3.63) is 34.3 Å². The van der Waals surface area contributed by atoms with Crippen LogP contribution in [-0.4, -0.2) is 11.6 Å². The van der Waals surface area contributed by atoms with E-state index >= 15 is 0 Å². The zero-order valence-electron chi connectivity index (χ0n) is 6.14. The van der Waals surface area contributed by atoms with Crippen LogP contribution in [0.2, 0.25) is 10.0 Å². The third-order valence-corrected chi connectivity index (χ3v) is 1.58. The number of carbonyl (C=O) groups is 1. The normalized spacial score (nSPS) is 8.25. The number of rotatable bonds is 1. The zero-order chi connectivity index (χ0) is 9.40. The molecule has 66 valence electrons. The van der Waals surface area contributed by atoms with E-state index in [1.807, 2.05) is 6.07 Å². The van der Waals surface area contributed by atoms with Crippen molar-refractivity contribution in [1.82, 2.24) is 0 Å². The molecular weight excluding hydrogens is 263 g/mol. The maximum absolute atomic E-state index is 9.13. The van der Waals surface area contributed by atoms with Crippen molar-refractivity contribution in [2.24, 2.45) is 0 Å². The van der Waals surface area contributed by atoms with Gasteiger partial charge in [0.15, 0.2) is 0 Å². The smallest absolute Gasteiger partial charge is 0.130 e. The summed E-state index contributed by atoms with van der Waals surface area (Å²) in [7, 11) is 0. The lowest BCUT2D eigenvalue weighted by molar-refractivity contribution is -0.105. The van der Waals surface area contributed by atoms with Crippen LogP contribution in [0.5, 0.6) is 0 Å². The van der Waals surface area contributed by atoms with Gasteiger partial charge in [-0.25, -0.2) is 0 Å². The average Bonchev–Trinajstić information content (AvgIpc) is 2.04. The maximum atomic E-state index is 9.13. The summed E-state index contributed by atoms with van der Waals surface area (Å²) in [6.07, 6.45) is 0.792. The molecule has 1 rings (SSSR count). The van der Waals surface area contributed by atoms with Crippen LogP contribution in [0.25, 0.3) is 0 Å². The molecule has 0 N–H and O–H groups in total. The monoisotopic (exact) mass is 268 g/mol. The summed E-state index contributed by atoms with van der Waals surface area (Å²) in [4.78, 5) is 9.13. The van der Waals surface area contributed by atoms with E-state index < -0.39 is 0 Å². The molecule has 0 aliphatic carbocycles. The first-order valence-corrected chi connectivity index (χ1v) is 4.99. The lowest BCUT2D eigenvalue weighted by atomic mass is 10.4. The lowest BCUT2D eigenvalue weighted by Crippen LogP contribution is -1.61. The van der Waals surface area contributed by atoms with Gasteiger partial charge in [-0.3, -0.25) is 0 Å². The molecule has 0 aliphatic heterocycles. The topological polar surface area (TPSA) is 17.1 Å². The minimum Gasteiger partial charge on any atom is -0.302 e. The quantitative estimate of drug-likeness (QED) is 0.563. The standard InChI is InChI=1S/C6H4Cl2.C2H3BrO/c7-5-2-1-3-6(8)4-5;3-1-2-4/h1-4H;2H,1H2. The molecule has 0 fully saturated rings. The first-order valence-electron chi connectivity index (χ1n) is 3.11. The van der Waals surface area contributed by atoms with Gasteiger partial charge in [0.05, 0.1) is 5.33 Å². The number of benzene rings is 1. The Kier molecular flexibility index (Phi) is 7.56. The molecule has 0 bridgehead atoms. The van der Waals surface area contributed by atoms with Crippen molar-refractivity contribution < 1.29 is 4.79 Å². The molecule has 0 amide bonds. The van der Waals surface area contributed by atoms with E-state index in [0.717, 1.165) is 6.29 Å². The average molecular weight is 270 g/mol. The lowest BCUT2D eigenvalue weighted by Gasteiger charge is -1.86. The summed E-state index contributed by atoms with van der Waals surface area (Å²) in [5.74, 6) is 0. The number of carbonyl (C=O) groups excluding carboxylic acids is 1. The molecule has 0 radical (unpaired) electrons. The van der Waals surface area contributed by atoms with Crippen LogP contribution >= 0.6 is 39.1 Å². The summed E-state index contributed by atoms with van der Waals surface area (Å²) < 4.78 is 0. The second-order valence-corrected chi connectivity index (χ2v) is 3.28. The van der Waals surface area contributed by atoms with Crippen LogP contribution in [0, 0.1) is 0 Å².